The van der Waals surface area contributed by atoms with Crippen molar-refractivity contribution in [2.45, 2.75) is 48.1 Å². The smallest absolute Gasteiger partial charge is 0.223 e. The van der Waals surface area contributed by atoms with E-state index in [4.69, 9.17) is 0 Å². The Bertz CT molecular complexity index is 1330. The molecular formula is C29H29N3OS. The quantitative estimate of drug-likeness (QED) is 0.488. The van der Waals surface area contributed by atoms with Gasteiger partial charge in [-0.05, 0) is 54.5 Å². The summed E-state index contributed by atoms with van der Waals surface area (Å²) in [5.41, 5.74) is 5.31. The Kier molecular flexibility index (Phi) is 4.82. The van der Waals surface area contributed by atoms with E-state index in [1.165, 1.54) is 32.4 Å². The van der Waals surface area contributed by atoms with Gasteiger partial charge in [0, 0.05) is 40.4 Å². The summed E-state index contributed by atoms with van der Waals surface area (Å²) in [6.45, 7) is 8.32. The van der Waals surface area contributed by atoms with Gasteiger partial charge in [0.1, 0.15) is 5.66 Å². The molecule has 0 radical (unpaired) electrons. The Morgan fingerprint density at radius 1 is 0.971 bits per heavy atom. The number of fused-ring (bicyclic) bond motifs is 5. The minimum absolute atomic E-state index is 0.109. The first-order chi connectivity index (χ1) is 16.4. The van der Waals surface area contributed by atoms with Crippen molar-refractivity contribution < 1.29 is 4.79 Å². The molecule has 1 atom stereocenters. The number of amides is 1. The van der Waals surface area contributed by atoms with E-state index in [-0.39, 0.29) is 11.3 Å². The molecule has 0 saturated carbocycles. The second kappa shape index (κ2) is 7.67. The number of hydrogen-bond donors (Lipinski definition) is 1. The van der Waals surface area contributed by atoms with Crippen LogP contribution in [0.4, 0.5) is 17.1 Å². The summed E-state index contributed by atoms with van der Waals surface area (Å²) >= 11 is 1.83. The van der Waals surface area contributed by atoms with Gasteiger partial charge in [-0.1, -0.05) is 68.1 Å². The third kappa shape index (κ3) is 2.96. The molecule has 0 aliphatic carbocycles. The molecule has 6 rings (SSSR count). The SMILES string of the molecule is CCN1c2ccccc2Sc2cc(/C=C/[C@]34NC(=O)CCN3c3ccccc3C4(C)C)ccc21. The van der Waals surface area contributed by atoms with Crippen molar-refractivity contribution in [1.29, 1.82) is 0 Å². The highest BCUT2D eigenvalue weighted by Crippen LogP contribution is 2.53. The van der Waals surface area contributed by atoms with Crippen LogP contribution in [0.3, 0.4) is 0 Å². The molecular weight excluding hydrogens is 438 g/mol. The number of para-hydroxylation sites is 2. The van der Waals surface area contributed by atoms with E-state index >= 15 is 0 Å². The minimum atomic E-state index is -0.586. The fourth-order valence-electron chi connectivity index (χ4n) is 5.83. The van der Waals surface area contributed by atoms with Gasteiger partial charge in [-0.25, -0.2) is 0 Å². The number of nitrogens with zero attached hydrogens (tertiary/aromatic N) is 2. The van der Waals surface area contributed by atoms with Crippen LogP contribution in [0.2, 0.25) is 0 Å². The molecule has 1 fully saturated rings. The van der Waals surface area contributed by atoms with Gasteiger partial charge >= 0.3 is 0 Å². The van der Waals surface area contributed by atoms with Gasteiger partial charge in [0.05, 0.1) is 11.4 Å². The van der Waals surface area contributed by atoms with Crippen LogP contribution in [0.5, 0.6) is 0 Å². The number of nitrogens with one attached hydrogen (secondary N) is 1. The maximum atomic E-state index is 12.7. The highest BCUT2D eigenvalue weighted by molar-refractivity contribution is 7.99. The molecule has 3 aliphatic rings. The fraction of sp³-hybridized carbons (Fsp3) is 0.276. The molecule has 3 aromatic carbocycles. The predicted octanol–water partition coefficient (Wildman–Crippen LogP) is 6.34. The lowest BCUT2D eigenvalue weighted by Gasteiger charge is -2.49. The van der Waals surface area contributed by atoms with Crippen molar-refractivity contribution >= 4 is 40.8 Å². The Labute approximate surface area is 205 Å². The third-order valence-electron chi connectivity index (χ3n) is 7.62. The predicted molar refractivity (Wildman–Crippen MR) is 141 cm³/mol. The van der Waals surface area contributed by atoms with Crippen LogP contribution in [0.1, 0.15) is 38.3 Å². The average molecular weight is 468 g/mol. The van der Waals surface area contributed by atoms with Crippen LogP contribution >= 0.6 is 11.8 Å². The Hall–Kier alpha value is -3.18. The summed E-state index contributed by atoms with van der Waals surface area (Å²) in [5, 5.41) is 3.38. The highest BCUT2D eigenvalue weighted by atomic mass is 32.2. The topological polar surface area (TPSA) is 35.6 Å². The zero-order valence-electron chi connectivity index (χ0n) is 19.8. The molecule has 0 aromatic heterocycles. The molecule has 4 nitrogen and oxygen atoms in total. The van der Waals surface area contributed by atoms with E-state index in [1.807, 2.05) is 11.8 Å². The summed E-state index contributed by atoms with van der Waals surface area (Å²) in [5.74, 6) is 0.109. The molecule has 34 heavy (non-hydrogen) atoms. The first-order valence-electron chi connectivity index (χ1n) is 12.0. The Morgan fingerprint density at radius 2 is 1.71 bits per heavy atom. The number of anilines is 3. The third-order valence-corrected chi connectivity index (χ3v) is 8.74. The van der Waals surface area contributed by atoms with Gasteiger partial charge in [0.15, 0.2) is 0 Å². The van der Waals surface area contributed by atoms with Gasteiger partial charge in [-0.15, -0.1) is 0 Å². The van der Waals surface area contributed by atoms with E-state index < -0.39 is 5.66 Å². The second-order valence-electron chi connectivity index (χ2n) is 9.73. The van der Waals surface area contributed by atoms with Crippen LogP contribution in [-0.4, -0.2) is 24.7 Å². The van der Waals surface area contributed by atoms with E-state index in [2.05, 4.69) is 115 Å². The zero-order valence-corrected chi connectivity index (χ0v) is 20.7. The maximum Gasteiger partial charge on any atom is 0.223 e. The van der Waals surface area contributed by atoms with E-state index in [1.54, 1.807) is 0 Å². The fourth-order valence-corrected chi connectivity index (χ4v) is 6.97. The maximum absolute atomic E-state index is 12.7. The number of carbonyl (C=O) groups excluding carboxylic acids is 1. The molecule has 1 amide bonds. The normalized spacial score (nSPS) is 22.1. The molecule has 0 spiro atoms. The molecule has 1 saturated heterocycles. The molecule has 1 N–H and O–H groups in total. The number of hydrogen-bond acceptors (Lipinski definition) is 4. The van der Waals surface area contributed by atoms with Gasteiger partial charge in [0.2, 0.25) is 5.91 Å². The molecule has 3 heterocycles. The van der Waals surface area contributed by atoms with Crippen molar-refractivity contribution in [3.05, 3.63) is 83.9 Å². The number of rotatable bonds is 3. The summed E-state index contributed by atoms with van der Waals surface area (Å²) < 4.78 is 0. The zero-order chi connectivity index (χ0) is 23.5. The standard InChI is InChI=1S/C29H29N3OS/c1-4-31-23-11-7-8-12-25(23)34-26-19-20(13-14-24(26)31)15-17-29-28(2,3)21-9-5-6-10-22(21)32(29)18-16-27(33)30-29/h5-15,17,19H,4,16,18H2,1-3H3,(H,30,33)/b17-15+/t29-/m0/s1. The van der Waals surface area contributed by atoms with E-state index in [9.17, 15) is 4.79 Å². The molecule has 3 aliphatic heterocycles. The highest BCUT2D eigenvalue weighted by Gasteiger charge is 2.57. The lowest BCUT2D eigenvalue weighted by atomic mass is 9.74. The van der Waals surface area contributed by atoms with Crippen molar-refractivity contribution in [3.8, 4) is 0 Å². The Morgan fingerprint density at radius 3 is 2.53 bits per heavy atom. The van der Waals surface area contributed by atoms with Crippen LogP contribution in [0.25, 0.3) is 6.08 Å². The lowest BCUT2D eigenvalue weighted by Crippen LogP contribution is -2.68. The lowest BCUT2D eigenvalue weighted by molar-refractivity contribution is -0.124. The minimum Gasteiger partial charge on any atom is -0.344 e. The van der Waals surface area contributed by atoms with E-state index in [0.717, 1.165) is 18.7 Å². The largest absolute Gasteiger partial charge is 0.344 e. The van der Waals surface area contributed by atoms with Crippen LogP contribution < -0.4 is 15.1 Å². The molecule has 0 bridgehead atoms. The van der Waals surface area contributed by atoms with Crippen molar-refractivity contribution in [3.63, 3.8) is 0 Å². The number of carbonyl (C=O) groups is 1. The molecule has 3 aromatic rings. The first-order valence-corrected chi connectivity index (χ1v) is 12.8. The summed E-state index contributed by atoms with van der Waals surface area (Å²) in [7, 11) is 0. The van der Waals surface area contributed by atoms with Crippen LogP contribution in [0.15, 0.2) is 82.6 Å². The Balaban J connectivity index is 1.40. The van der Waals surface area contributed by atoms with Gasteiger partial charge in [0.25, 0.3) is 0 Å². The monoisotopic (exact) mass is 467 g/mol. The van der Waals surface area contributed by atoms with Gasteiger partial charge in [-0.3, -0.25) is 4.79 Å². The summed E-state index contributed by atoms with van der Waals surface area (Å²) in [6, 6.07) is 23.8. The van der Waals surface area contributed by atoms with E-state index in [0.29, 0.717) is 6.42 Å². The molecule has 172 valence electrons. The summed E-state index contributed by atoms with van der Waals surface area (Å²) in [6.07, 6.45) is 4.91. The molecule has 0 unspecified atom stereocenters. The summed E-state index contributed by atoms with van der Waals surface area (Å²) in [4.78, 5) is 20.0. The average Bonchev–Trinajstić information content (AvgIpc) is 3.04. The van der Waals surface area contributed by atoms with Crippen LogP contribution in [0, 0.1) is 0 Å². The molecule has 5 heteroatoms. The van der Waals surface area contributed by atoms with Gasteiger partial charge in [-0.2, -0.15) is 0 Å². The van der Waals surface area contributed by atoms with Crippen molar-refractivity contribution in [2.24, 2.45) is 0 Å². The van der Waals surface area contributed by atoms with Crippen molar-refractivity contribution in [1.82, 2.24) is 5.32 Å². The van der Waals surface area contributed by atoms with Crippen molar-refractivity contribution in [2.75, 3.05) is 22.9 Å². The van der Waals surface area contributed by atoms with Gasteiger partial charge < -0.3 is 15.1 Å². The first kappa shape index (κ1) is 21.4. The second-order valence-corrected chi connectivity index (χ2v) is 10.8. The number of benzene rings is 3. The van der Waals surface area contributed by atoms with Crippen LogP contribution in [-0.2, 0) is 10.2 Å².